The summed E-state index contributed by atoms with van der Waals surface area (Å²) in [5.74, 6) is -0.507. The van der Waals surface area contributed by atoms with Gasteiger partial charge in [-0.15, -0.1) is 0 Å². The van der Waals surface area contributed by atoms with E-state index in [0.29, 0.717) is 16.7 Å². The van der Waals surface area contributed by atoms with Crippen LogP contribution >= 0.6 is 15.9 Å². The average Bonchev–Trinajstić information content (AvgIpc) is 2.56. The molecule has 0 radical (unpaired) electrons. The van der Waals surface area contributed by atoms with Gasteiger partial charge in [0, 0.05) is 11.0 Å². The molecule has 0 spiro atoms. The molecule has 2 N–H and O–H groups in total. The molecule has 0 fully saturated rings. The van der Waals surface area contributed by atoms with Crippen LogP contribution in [0, 0.1) is 6.92 Å². The minimum absolute atomic E-state index is 0.118. The van der Waals surface area contributed by atoms with Gasteiger partial charge in [0.15, 0.2) is 0 Å². The number of anilines is 2. The lowest BCUT2D eigenvalue weighted by Gasteiger charge is -2.15. The minimum atomic E-state index is -3.85. The Morgan fingerprint density at radius 1 is 1.12 bits per heavy atom. The number of carbonyl (C=O) groups is 1. The molecule has 0 saturated heterocycles. The Kier molecular flexibility index (Phi) is 6.66. The summed E-state index contributed by atoms with van der Waals surface area (Å²) in [6, 6.07) is 9.70. The van der Waals surface area contributed by atoms with Crippen molar-refractivity contribution in [2.75, 3.05) is 23.2 Å². The number of hydrogen-bond acceptors (Lipinski definition) is 5. The summed E-state index contributed by atoms with van der Waals surface area (Å²) >= 11 is 3.29. The van der Waals surface area contributed by atoms with Gasteiger partial charge in [-0.3, -0.25) is 4.72 Å². The summed E-state index contributed by atoms with van der Waals surface area (Å²) < 4.78 is 33.6. The monoisotopic (exact) mass is 440 g/mol. The van der Waals surface area contributed by atoms with Gasteiger partial charge < -0.3 is 10.1 Å². The zero-order chi connectivity index (χ0) is 19.3. The van der Waals surface area contributed by atoms with E-state index in [4.69, 9.17) is 4.74 Å². The minimum Gasteiger partial charge on any atom is -0.462 e. The van der Waals surface area contributed by atoms with Crippen LogP contribution in [0.5, 0.6) is 0 Å². The maximum Gasteiger partial charge on any atom is 0.338 e. The van der Waals surface area contributed by atoms with E-state index in [1.807, 2.05) is 13.8 Å². The predicted molar refractivity (Wildman–Crippen MR) is 106 cm³/mol. The first-order chi connectivity index (χ1) is 12.3. The second-order valence-corrected chi connectivity index (χ2v) is 8.06. The third-order valence-corrected chi connectivity index (χ3v) is 5.86. The number of halogens is 1. The number of nitrogens with one attached hydrogen (secondary N) is 2. The highest BCUT2D eigenvalue weighted by atomic mass is 79.9. The van der Waals surface area contributed by atoms with Crippen LogP contribution in [-0.2, 0) is 14.8 Å². The molecule has 0 amide bonds. The lowest BCUT2D eigenvalue weighted by Crippen LogP contribution is -2.16. The molecule has 0 atom stereocenters. The van der Waals surface area contributed by atoms with Crippen molar-refractivity contribution in [2.24, 2.45) is 0 Å². The Morgan fingerprint density at radius 2 is 1.85 bits per heavy atom. The highest BCUT2D eigenvalue weighted by Gasteiger charge is 2.20. The Bertz CT molecular complexity index is 913. The summed E-state index contributed by atoms with van der Waals surface area (Å²) in [7, 11) is -3.85. The highest BCUT2D eigenvalue weighted by molar-refractivity contribution is 9.10. The normalized spacial score (nSPS) is 11.1. The largest absolute Gasteiger partial charge is 0.462 e. The first-order valence-electron chi connectivity index (χ1n) is 8.12. The van der Waals surface area contributed by atoms with Crippen molar-refractivity contribution in [3.8, 4) is 0 Å². The van der Waals surface area contributed by atoms with Crippen molar-refractivity contribution >= 4 is 43.3 Å². The average molecular weight is 441 g/mol. The lowest BCUT2D eigenvalue weighted by molar-refractivity contribution is 0.0526. The maximum absolute atomic E-state index is 12.8. The smallest absolute Gasteiger partial charge is 0.338 e. The van der Waals surface area contributed by atoms with Gasteiger partial charge in [0.25, 0.3) is 10.0 Å². The van der Waals surface area contributed by atoms with Gasteiger partial charge >= 0.3 is 5.97 Å². The Hall–Kier alpha value is -2.06. The second kappa shape index (κ2) is 8.55. The van der Waals surface area contributed by atoms with Gasteiger partial charge in [0.2, 0.25) is 0 Å². The van der Waals surface area contributed by atoms with E-state index in [-0.39, 0.29) is 22.8 Å². The number of hydrogen-bond donors (Lipinski definition) is 2. The summed E-state index contributed by atoms with van der Waals surface area (Å²) in [5.41, 5.74) is 2.07. The fourth-order valence-corrected chi connectivity index (χ4v) is 4.60. The van der Waals surface area contributed by atoms with E-state index < -0.39 is 16.0 Å². The van der Waals surface area contributed by atoms with Crippen molar-refractivity contribution in [3.05, 3.63) is 52.0 Å². The summed E-state index contributed by atoms with van der Waals surface area (Å²) in [6.07, 6.45) is 0. The van der Waals surface area contributed by atoms with Gasteiger partial charge in [-0.2, -0.15) is 0 Å². The predicted octanol–water partition coefficient (Wildman–Crippen LogP) is 4.17. The molecule has 26 heavy (non-hydrogen) atoms. The van der Waals surface area contributed by atoms with Crippen LogP contribution in [0.3, 0.4) is 0 Å². The number of esters is 1. The molecule has 0 saturated carbocycles. The quantitative estimate of drug-likeness (QED) is 0.631. The topological polar surface area (TPSA) is 84.5 Å². The van der Waals surface area contributed by atoms with Gasteiger partial charge in [-0.25, -0.2) is 13.2 Å². The fourth-order valence-electron chi connectivity index (χ4n) is 2.34. The number of rotatable bonds is 7. The molecule has 0 aliphatic carbocycles. The van der Waals surface area contributed by atoms with Crippen LogP contribution in [0.1, 0.15) is 29.8 Å². The van der Waals surface area contributed by atoms with E-state index in [1.54, 1.807) is 31.2 Å². The van der Waals surface area contributed by atoms with Gasteiger partial charge in [-0.05, 0) is 72.6 Å². The van der Waals surface area contributed by atoms with Crippen molar-refractivity contribution in [2.45, 2.75) is 25.7 Å². The molecular formula is C18H21BrN2O4S. The first kappa shape index (κ1) is 20.3. The molecule has 0 heterocycles. The number of aryl methyl sites for hydroxylation is 1. The number of ether oxygens (including phenoxy) is 1. The number of benzene rings is 2. The van der Waals surface area contributed by atoms with Crippen LogP contribution in [-0.4, -0.2) is 27.5 Å². The van der Waals surface area contributed by atoms with Gasteiger partial charge in [0.1, 0.15) is 4.90 Å². The standard InChI is InChI=1S/C18H21BrN2O4S/c1-4-20-15-8-7-13(18(22)25-5-2)11-16(15)21-26(23,24)17-9-6-12(3)10-14(17)19/h6-11,20-21H,4-5H2,1-3H3. The van der Waals surface area contributed by atoms with Crippen molar-refractivity contribution in [3.63, 3.8) is 0 Å². The molecule has 8 heteroatoms. The molecule has 2 aromatic rings. The van der Waals surface area contributed by atoms with Crippen LogP contribution in [0.2, 0.25) is 0 Å². The Labute approximate surface area is 162 Å². The highest BCUT2D eigenvalue weighted by Crippen LogP contribution is 2.29. The zero-order valence-corrected chi connectivity index (χ0v) is 17.2. The number of sulfonamides is 1. The van der Waals surface area contributed by atoms with E-state index >= 15 is 0 Å². The zero-order valence-electron chi connectivity index (χ0n) is 14.8. The molecule has 0 aliphatic rings. The summed E-state index contributed by atoms with van der Waals surface area (Å²) in [4.78, 5) is 12.1. The van der Waals surface area contributed by atoms with E-state index in [0.717, 1.165) is 5.56 Å². The third-order valence-electron chi connectivity index (χ3n) is 3.52. The molecule has 0 aromatic heterocycles. The summed E-state index contributed by atoms with van der Waals surface area (Å²) in [6.45, 7) is 6.32. The van der Waals surface area contributed by atoms with Crippen LogP contribution in [0.15, 0.2) is 45.8 Å². The van der Waals surface area contributed by atoms with E-state index in [9.17, 15) is 13.2 Å². The fraction of sp³-hybridized carbons (Fsp3) is 0.278. The molecule has 2 rings (SSSR count). The molecule has 2 aromatic carbocycles. The Balaban J connectivity index is 2.44. The molecule has 0 aliphatic heterocycles. The second-order valence-electron chi connectivity index (χ2n) is 5.55. The maximum atomic E-state index is 12.8. The molecule has 0 bridgehead atoms. The van der Waals surface area contributed by atoms with E-state index in [1.165, 1.54) is 12.1 Å². The third kappa shape index (κ3) is 4.76. The molecule has 6 nitrogen and oxygen atoms in total. The van der Waals surface area contributed by atoms with Crippen LogP contribution < -0.4 is 10.0 Å². The Morgan fingerprint density at radius 3 is 2.46 bits per heavy atom. The van der Waals surface area contributed by atoms with Crippen LogP contribution in [0.25, 0.3) is 0 Å². The van der Waals surface area contributed by atoms with Crippen LogP contribution in [0.4, 0.5) is 11.4 Å². The molecular weight excluding hydrogens is 420 g/mol. The van der Waals surface area contributed by atoms with Gasteiger partial charge in [-0.1, -0.05) is 6.07 Å². The van der Waals surface area contributed by atoms with E-state index in [2.05, 4.69) is 26.0 Å². The lowest BCUT2D eigenvalue weighted by atomic mass is 10.1. The first-order valence-corrected chi connectivity index (χ1v) is 10.4. The SMILES string of the molecule is CCNc1ccc(C(=O)OCC)cc1NS(=O)(=O)c1ccc(C)cc1Br. The molecule has 0 unspecified atom stereocenters. The summed E-state index contributed by atoms with van der Waals surface area (Å²) in [5, 5.41) is 3.08. The molecule has 140 valence electrons. The van der Waals surface area contributed by atoms with Gasteiger partial charge in [0.05, 0.1) is 23.5 Å². The number of carbonyl (C=O) groups excluding carboxylic acids is 1. The van der Waals surface area contributed by atoms with Crippen molar-refractivity contribution in [1.82, 2.24) is 0 Å². The van der Waals surface area contributed by atoms with Crippen molar-refractivity contribution in [1.29, 1.82) is 0 Å². The van der Waals surface area contributed by atoms with Crippen molar-refractivity contribution < 1.29 is 17.9 Å².